The Bertz CT molecular complexity index is 340. The van der Waals surface area contributed by atoms with Gasteiger partial charge in [0.15, 0.2) is 0 Å². The van der Waals surface area contributed by atoms with Crippen LogP contribution in [0.4, 0.5) is 0 Å². The van der Waals surface area contributed by atoms with Crippen molar-refractivity contribution < 1.29 is 13.0 Å². The monoisotopic (exact) mass is 236 g/mol. The summed E-state index contributed by atoms with van der Waals surface area (Å²) >= 11 is 0. The molecule has 1 aromatic rings. The second-order valence-corrected chi connectivity index (χ2v) is 5.07. The molecule has 3 nitrogen and oxygen atoms in total. The summed E-state index contributed by atoms with van der Waals surface area (Å²) in [6.45, 7) is 6.38. The van der Waals surface area contributed by atoms with E-state index in [2.05, 4.69) is 49.7 Å². The van der Waals surface area contributed by atoms with E-state index >= 15 is 0 Å². The predicted molar refractivity (Wildman–Crippen MR) is 58.1 cm³/mol. The average Bonchev–Trinajstić information content (AvgIpc) is 1.77. The van der Waals surface area contributed by atoms with E-state index in [1.807, 2.05) is 0 Å². The Hall–Kier alpha value is -0.580. The minimum atomic E-state index is -4.19. The molecule has 0 aliphatic heterocycles. The fourth-order valence-corrected chi connectivity index (χ4v) is 1.20. The van der Waals surface area contributed by atoms with Gasteiger partial charge in [-0.15, -0.1) is 0 Å². The predicted octanol–water partition coefficient (Wildman–Crippen LogP) is 2.64. The van der Waals surface area contributed by atoms with E-state index in [4.69, 9.17) is 13.0 Å². The molecule has 0 saturated carbocycles. The second kappa shape index (κ2) is 5.34. The summed E-state index contributed by atoms with van der Waals surface area (Å²) in [5.74, 6) is 0. The molecule has 1 aromatic carbocycles. The van der Waals surface area contributed by atoms with Crippen molar-refractivity contribution in [2.45, 2.75) is 20.8 Å². The summed E-state index contributed by atoms with van der Waals surface area (Å²) in [4.78, 5) is 0. The number of rotatable bonds is 0. The number of halogens is 1. The fraction of sp³-hybridized carbons (Fsp3) is 0.333. The van der Waals surface area contributed by atoms with Crippen LogP contribution in [0, 0.1) is 20.8 Å². The van der Waals surface area contributed by atoms with Crippen LogP contribution in [0.1, 0.15) is 16.7 Å². The van der Waals surface area contributed by atoms with Gasteiger partial charge in [0.2, 0.25) is 0 Å². The Morgan fingerprint density at radius 2 is 1.14 bits per heavy atom. The first-order valence-corrected chi connectivity index (χ1v) is 6.17. The molecular formula is C9H13ClO3S. The van der Waals surface area contributed by atoms with Gasteiger partial charge in [0.1, 0.15) is 0 Å². The summed E-state index contributed by atoms with van der Waals surface area (Å²) in [6.07, 6.45) is 0. The van der Waals surface area contributed by atoms with Crippen molar-refractivity contribution >= 4 is 20.0 Å². The zero-order chi connectivity index (χ0) is 11.4. The molecule has 0 amide bonds. The van der Waals surface area contributed by atoms with Gasteiger partial charge in [-0.1, -0.05) is 34.9 Å². The molecule has 0 unspecified atom stereocenters. The maximum atomic E-state index is 8.95. The molecule has 1 rings (SSSR count). The lowest BCUT2D eigenvalue weighted by Crippen LogP contribution is -1.78. The molecule has 0 fully saturated rings. The van der Waals surface area contributed by atoms with Gasteiger partial charge >= 0.3 is 9.33 Å². The molecule has 5 heteroatoms. The van der Waals surface area contributed by atoms with E-state index in [0.29, 0.717) is 0 Å². The SMILES string of the molecule is Cc1cc(C)cc(C)c1.O=S(=O)(O)Cl. The van der Waals surface area contributed by atoms with E-state index in [1.165, 1.54) is 16.7 Å². The van der Waals surface area contributed by atoms with Crippen LogP contribution in [-0.2, 0) is 9.33 Å². The molecule has 1 N–H and O–H groups in total. The zero-order valence-corrected chi connectivity index (χ0v) is 9.85. The Balaban J connectivity index is 0.000000292. The minimum absolute atomic E-state index is 1.35. The summed E-state index contributed by atoms with van der Waals surface area (Å²) in [6, 6.07) is 6.56. The van der Waals surface area contributed by atoms with Gasteiger partial charge in [0.25, 0.3) is 0 Å². The molecule has 0 heterocycles. The third-order valence-electron chi connectivity index (χ3n) is 1.37. The maximum absolute atomic E-state index is 8.95. The first kappa shape index (κ1) is 13.4. The van der Waals surface area contributed by atoms with Crippen molar-refractivity contribution in [3.63, 3.8) is 0 Å². The maximum Gasteiger partial charge on any atom is 0.353 e. The van der Waals surface area contributed by atoms with Gasteiger partial charge in [-0.2, -0.15) is 8.42 Å². The van der Waals surface area contributed by atoms with Gasteiger partial charge in [0, 0.05) is 10.7 Å². The van der Waals surface area contributed by atoms with Crippen molar-refractivity contribution in [1.29, 1.82) is 0 Å². The third-order valence-corrected chi connectivity index (χ3v) is 1.37. The first-order chi connectivity index (χ1) is 6.18. The van der Waals surface area contributed by atoms with Crippen LogP contribution in [0.2, 0.25) is 0 Å². The number of aryl methyl sites for hydroxylation is 3. The van der Waals surface area contributed by atoms with E-state index in [1.54, 1.807) is 0 Å². The summed E-state index contributed by atoms with van der Waals surface area (Å²) in [5.41, 5.74) is 4.06. The van der Waals surface area contributed by atoms with Crippen LogP contribution in [0.15, 0.2) is 18.2 Å². The Morgan fingerprint density at radius 3 is 1.29 bits per heavy atom. The lowest BCUT2D eigenvalue weighted by atomic mass is 10.1. The molecule has 0 aromatic heterocycles. The van der Waals surface area contributed by atoms with E-state index in [-0.39, 0.29) is 0 Å². The van der Waals surface area contributed by atoms with Gasteiger partial charge in [0.05, 0.1) is 0 Å². The van der Waals surface area contributed by atoms with Crippen LogP contribution in [0.5, 0.6) is 0 Å². The fourth-order valence-electron chi connectivity index (χ4n) is 1.20. The minimum Gasteiger partial charge on any atom is -0.273 e. The zero-order valence-electron chi connectivity index (χ0n) is 8.28. The van der Waals surface area contributed by atoms with Gasteiger partial charge in [-0.25, -0.2) is 0 Å². The van der Waals surface area contributed by atoms with Crippen LogP contribution < -0.4 is 0 Å². The number of hydrogen-bond acceptors (Lipinski definition) is 2. The normalized spacial score (nSPS) is 10.4. The summed E-state index contributed by atoms with van der Waals surface area (Å²) < 4.78 is 25.2. The molecule has 0 spiro atoms. The van der Waals surface area contributed by atoms with Crippen molar-refractivity contribution in [2.75, 3.05) is 0 Å². The van der Waals surface area contributed by atoms with Crippen LogP contribution >= 0.6 is 10.7 Å². The molecule has 14 heavy (non-hydrogen) atoms. The average molecular weight is 237 g/mol. The standard InChI is InChI=1S/C9H12.ClHO3S/c1-7-4-8(2)6-9(3)5-7;1-5(2,3)4/h4-6H,1-3H3;(H,2,3,4). The Kier molecular flexibility index (Phi) is 5.12. The quantitative estimate of drug-likeness (QED) is 0.557. The van der Waals surface area contributed by atoms with E-state index in [0.717, 1.165) is 0 Å². The van der Waals surface area contributed by atoms with Crippen LogP contribution in [0.25, 0.3) is 0 Å². The highest BCUT2D eigenvalue weighted by atomic mass is 35.7. The summed E-state index contributed by atoms with van der Waals surface area (Å²) in [7, 11) is -0.137. The molecule has 0 atom stereocenters. The number of hydrogen-bond donors (Lipinski definition) is 1. The largest absolute Gasteiger partial charge is 0.353 e. The summed E-state index contributed by atoms with van der Waals surface area (Å²) in [5, 5.41) is 0. The highest BCUT2D eigenvalue weighted by Crippen LogP contribution is 2.06. The molecule has 80 valence electrons. The highest BCUT2D eigenvalue weighted by Gasteiger charge is 1.87. The molecule has 0 aliphatic carbocycles. The molecular weight excluding hydrogens is 224 g/mol. The van der Waals surface area contributed by atoms with Gasteiger partial charge in [-0.3, -0.25) is 4.55 Å². The molecule has 0 aliphatic rings. The van der Waals surface area contributed by atoms with Crippen molar-refractivity contribution in [1.82, 2.24) is 0 Å². The van der Waals surface area contributed by atoms with Gasteiger partial charge < -0.3 is 0 Å². The lowest BCUT2D eigenvalue weighted by Gasteiger charge is -1.96. The highest BCUT2D eigenvalue weighted by molar-refractivity contribution is 8.09. The van der Waals surface area contributed by atoms with E-state index in [9.17, 15) is 0 Å². The van der Waals surface area contributed by atoms with E-state index < -0.39 is 9.33 Å². The van der Waals surface area contributed by atoms with Crippen molar-refractivity contribution in [3.05, 3.63) is 34.9 Å². The second-order valence-electron chi connectivity index (χ2n) is 3.08. The van der Waals surface area contributed by atoms with Gasteiger partial charge in [-0.05, 0) is 20.8 Å². The van der Waals surface area contributed by atoms with Crippen LogP contribution in [-0.4, -0.2) is 13.0 Å². The Labute approximate surface area is 89.0 Å². The lowest BCUT2D eigenvalue weighted by molar-refractivity contribution is 0.501. The van der Waals surface area contributed by atoms with Crippen LogP contribution in [0.3, 0.4) is 0 Å². The molecule has 0 bridgehead atoms. The van der Waals surface area contributed by atoms with Crippen molar-refractivity contribution in [2.24, 2.45) is 0 Å². The number of benzene rings is 1. The molecule has 0 saturated heterocycles. The molecule has 0 radical (unpaired) electrons. The smallest absolute Gasteiger partial charge is 0.273 e. The van der Waals surface area contributed by atoms with Crippen molar-refractivity contribution in [3.8, 4) is 0 Å². The Morgan fingerprint density at radius 1 is 1.00 bits per heavy atom. The first-order valence-electron chi connectivity index (χ1n) is 3.90. The third kappa shape index (κ3) is 9.51. The topological polar surface area (TPSA) is 54.4 Å².